The van der Waals surface area contributed by atoms with Crippen LogP contribution in [0.2, 0.25) is 0 Å². The van der Waals surface area contributed by atoms with Gasteiger partial charge in [0.2, 0.25) is 5.95 Å². The summed E-state index contributed by atoms with van der Waals surface area (Å²) in [7, 11) is 1.89. The van der Waals surface area contributed by atoms with Crippen LogP contribution in [0.5, 0.6) is 0 Å². The zero-order chi connectivity index (χ0) is 29.4. The fourth-order valence-electron chi connectivity index (χ4n) is 5.70. The Morgan fingerprint density at radius 3 is 2.66 bits per heavy atom. The lowest BCUT2D eigenvalue weighted by Crippen LogP contribution is -2.53. The maximum absolute atomic E-state index is 15.7. The van der Waals surface area contributed by atoms with Crippen molar-refractivity contribution >= 4 is 35.7 Å². The van der Waals surface area contributed by atoms with Gasteiger partial charge in [0.05, 0.1) is 6.61 Å². The average molecular weight is 594 g/mol. The number of nitrogens with zero attached hydrogens (tertiary/aromatic N) is 5. The number of nitrogens with one attached hydrogen (secondary N) is 2. The summed E-state index contributed by atoms with van der Waals surface area (Å²) >= 11 is 1.77. The third-order valence-electron chi connectivity index (χ3n) is 7.78. The topological polar surface area (TPSA) is 129 Å². The number of anilines is 3. The smallest absolute Gasteiger partial charge is 0.431 e. The fourth-order valence-corrected chi connectivity index (χ4v) is 6.77. The normalized spacial score (nSPS) is 22.0. The first-order chi connectivity index (χ1) is 19.8. The van der Waals surface area contributed by atoms with E-state index in [1.807, 2.05) is 18.9 Å². The number of hydrogen-bond acceptors (Lipinski definition) is 11. The van der Waals surface area contributed by atoms with Crippen molar-refractivity contribution < 1.29 is 23.8 Å². The Hall–Kier alpha value is -2.64. The summed E-state index contributed by atoms with van der Waals surface area (Å²) in [4.78, 5) is 23.4. The Labute approximate surface area is 246 Å². The molecule has 1 saturated heterocycles. The molecular formula is C28H44FN7O4S. The zero-order valence-corrected chi connectivity index (χ0v) is 25.4. The Morgan fingerprint density at radius 1 is 1.24 bits per heavy atom. The van der Waals surface area contributed by atoms with E-state index in [0.717, 1.165) is 62.8 Å². The number of aliphatic hydroxyl groups excluding tert-OH is 1. The number of piperidine rings is 1. The molecule has 0 bridgehead atoms. The van der Waals surface area contributed by atoms with E-state index in [9.17, 15) is 9.90 Å². The number of aliphatic hydroxyl groups is 1. The summed E-state index contributed by atoms with van der Waals surface area (Å²) in [5.74, 6) is 0.862. The Balaban J connectivity index is 1.56. The predicted octanol–water partition coefficient (Wildman–Crippen LogP) is 5.48. The average Bonchev–Trinajstić information content (AvgIpc) is 3.38. The first-order valence-electron chi connectivity index (χ1n) is 14.8. The molecule has 1 aliphatic carbocycles. The van der Waals surface area contributed by atoms with Gasteiger partial charge in [-0.15, -0.1) is 0 Å². The van der Waals surface area contributed by atoms with Crippen molar-refractivity contribution in [2.45, 2.75) is 109 Å². The number of aromatic amines is 1. The van der Waals surface area contributed by atoms with Crippen molar-refractivity contribution in [3.05, 3.63) is 23.3 Å². The van der Waals surface area contributed by atoms with Gasteiger partial charge in [-0.25, -0.2) is 18.5 Å². The van der Waals surface area contributed by atoms with Gasteiger partial charge in [-0.2, -0.15) is 10.1 Å². The van der Waals surface area contributed by atoms with Crippen LogP contribution >= 0.6 is 11.9 Å². The molecule has 41 heavy (non-hydrogen) atoms. The minimum atomic E-state index is -0.823. The zero-order valence-electron chi connectivity index (χ0n) is 24.6. The quantitative estimate of drug-likeness (QED) is 0.214. The number of ether oxygens (including phenoxy) is 2. The highest BCUT2D eigenvalue weighted by Gasteiger charge is 2.37. The summed E-state index contributed by atoms with van der Waals surface area (Å²) in [6.45, 7) is 5.79. The minimum Gasteiger partial charge on any atom is -0.431 e. The minimum absolute atomic E-state index is 0.0138. The van der Waals surface area contributed by atoms with E-state index in [2.05, 4.69) is 43.6 Å². The van der Waals surface area contributed by atoms with Gasteiger partial charge >= 0.3 is 6.16 Å². The van der Waals surface area contributed by atoms with Crippen molar-refractivity contribution in [1.29, 1.82) is 0 Å². The lowest BCUT2D eigenvalue weighted by Gasteiger charge is -2.46. The third-order valence-corrected chi connectivity index (χ3v) is 8.94. The van der Waals surface area contributed by atoms with Crippen molar-refractivity contribution in [1.82, 2.24) is 24.5 Å². The van der Waals surface area contributed by atoms with E-state index in [-0.39, 0.29) is 42.3 Å². The van der Waals surface area contributed by atoms with Crippen LogP contribution in [0.1, 0.15) is 83.0 Å². The molecule has 2 aliphatic rings. The van der Waals surface area contributed by atoms with E-state index in [1.165, 1.54) is 0 Å². The molecule has 0 radical (unpaired) electrons. The number of aryl methyl sites for hydroxylation is 1. The highest BCUT2D eigenvalue weighted by molar-refractivity contribution is 7.97. The van der Waals surface area contributed by atoms with Crippen molar-refractivity contribution in [3.8, 4) is 0 Å². The summed E-state index contributed by atoms with van der Waals surface area (Å²) in [6, 6.07) is 2.03. The molecule has 3 unspecified atom stereocenters. The fraction of sp³-hybridized carbons (Fsp3) is 0.714. The number of H-pyrrole nitrogens is 1. The summed E-state index contributed by atoms with van der Waals surface area (Å²) in [5.41, 5.74) is 0.752. The molecule has 3 atom stereocenters. The standard InChI is InChI=1S/C28H44FN7O4S/c1-5-10-19-14-20(15-21(16-37)36(19)41-6-2)35(4)27-30-23(17-39-28(38)40-22-11-8-7-9-12-22)25(29)26(32-27)31-24-13-18(3)33-34-24/h13,19-22,37H,5-12,14-17H2,1-4H3,(H2,30,31,32,33,34). The van der Waals surface area contributed by atoms with Crippen LogP contribution < -0.4 is 10.2 Å². The lowest BCUT2D eigenvalue weighted by atomic mass is 9.90. The molecule has 13 heteroatoms. The van der Waals surface area contributed by atoms with Crippen molar-refractivity contribution in [2.24, 2.45) is 0 Å². The van der Waals surface area contributed by atoms with Crippen molar-refractivity contribution in [2.75, 3.05) is 29.6 Å². The van der Waals surface area contributed by atoms with E-state index < -0.39 is 18.6 Å². The Morgan fingerprint density at radius 2 is 2.00 bits per heavy atom. The molecule has 1 saturated carbocycles. The van der Waals surface area contributed by atoms with Gasteiger partial charge in [0.1, 0.15) is 18.4 Å². The summed E-state index contributed by atoms with van der Waals surface area (Å²) in [5, 5.41) is 20.2. The van der Waals surface area contributed by atoms with Gasteiger partial charge < -0.3 is 24.8 Å². The molecule has 3 heterocycles. The maximum Gasteiger partial charge on any atom is 0.508 e. The van der Waals surface area contributed by atoms with Crippen LogP contribution in [0.4, 0.5) is 26.8 Å². The SMILES string of the molecule is CCCC1CC(N(C)c2nc(COC(=O)OC3CCCCC3)c(F)c(Nc3cc(C)[nH]n3)n2)CC(CO)N1SCC. The van der Waals surface area contributed by atoms with Crippen molar-refractivity contribution in [3.63, 3.8) is 0 Å². The third kappa shape index (κ3) is 8.23. The molecule has 0 spiro atoms. The van der Waals surface area contributed by atoms with Crippen LogP contribution in [0.3, 0.4) is 0 Å². The number of halogens is 1. The predicted molar refractivity (Wildman–Crippen MR) is 158 cm³/mol. The van der Waals surface area contributed by atoms with Crippen LogP contribution in [-0.4, -0.2) is 79.4 Å². The molecule has 2 aromatic rings. The van der Waals surface area contributed by atoms with Gasteiger partial charge in [-0.05, 0) is 51.9 Å². The molecule has 3 N–H and O–H groups in total. The molecule has 1 aliphatic heterocycles. The van der Waals surface area contributed by atoms with Crippen LogP contribution in [0, 0.1) is 12.7 Å². The largest absolute Gasteiger partial charge is 0.508 e. The molecule has 2 aromatic heterocycles. The van der Waals surface area contributed by atoms with E-state index >= 15 is 4.39 Å². The number of rotatable bonds is 12. The number of hydrogen-bond donors (Lipinski definition) is 3. The molecule has 228 valence electrons. The number of aromatic nitrogens is 4. The second-order valence-electron chi connectivity index (χ2n) is 10.9. The highest BCUT2D eigenvalue weighted by Crippen LogP contribution is 2.35. The molecule has 4 rings (SSSR count). The lowest BCUT2D eigenvalue weighted by molar-refractivity contribution is 0.00631. The highest BCUT2D eigenvalue weighted by atomic mass is 32.2. The first-order valence-corrected chi connectivity index (χ1v) is 15.7. The van der Waals surface area contributed by atoms with Crippen LogP contribution in [0.25, 0.3) is 0 Å². The Bertz CT molecular complexity index is 1130. The molecule has 11 nitrogen and oxygen atoms in total. The van der Waals surface area contributed by atoms with Crippen LogP contribution in [-0.2, 0) is 16.1 Å². The maximum atomic E-state index is 15.7. The Kier molecular flexibility index (Phi) is 11.5. The summed E-state index contributed by atoms with van der Waals surface area (Å²) in [6.07, 6.45) is 7.41. The molecule has 2 fully saturated rings. The monoisotopic (exact) mass is 593 g/mol. The van der Waals surface area contributed by atoms with E-state index in [0.29, 0.717) is 18.2 Å². The van der Waals surface area contributed by atoms with E-state index in [4.69, 9.17) is 9.47 Å². The second-order valence-corrected chi connectivity index (χ2v) is 12.2. The van der Waals surface area contributed by atoms with Gasteiger partial charge in [0.25, 0.3) is 0 Å². The van der Waals surface area contributed by atoms with Gasteiger partial charge in [-0.3, -0.25) is 5.10 Å². The molecular weight excluding hydrogens is 549 g/mol. The summed E-state index contributed by atoms with van der Waals surface area (Å²) < 4.78 is 28.8. The molecule has 0 aromatic carbocycles. The molecule has 0 amide bonds. The first kappa shape index (κ1) is 31.3. The van der Waals surface area contributed by atoms with Gasteiger partial charge in [0.15, 0.2) is 17.5 Å². The van der Waals surface area contributed by atoms with Gasteiger partial charge in [0, 0.05) is 42.7 Å². The van der Waals surface area contributed by atoms with E-state index in [1.54, 1.807) is 18.0 Å². The number of carbonyl (C=O) groups is 1. The second kappa shape index (κ2) is 15.0. The number of carbonyl (C=O) groups excluding carboxylic acids is 1. The van der Waals surface area contributed by atoms with Gasteiger partial charge in [-0.1, -0.05) is 38.6 Å². The van der Waals surface area contributed by atoms with Crippen LogP contribution in [0.15, 0.2) is 6.07 Å².